The van der Waals surface area contributed by atoms with Crippen molar-refractivity contribution in [2.45, 2.75) is 26.4 Å². The second-order valence-corrected chi connectivity index (χ2v) is 6.15. The van der Waals surface area contributed by atoms with E-state index >= 15 is 0 Å². The fourth-order valence-electron chi connectivity index (χ4n) is 2.07. The Labute approximate surface area is 121 Å². The summed E-state index contributed by atoms with van der Waals surface area (Å²) in [5.41, 5.74) is 2.82. The van der Waals surface area contributed by atoms with Crippen molar-refractivity contribution in [3.8, 4) is 5.75 Å². The molecule has 2 aromatic heterocycles. The molecule has 0 radical (unpaired) electrons. The molecule has 2 heterocycles. The Kier molecular flexibility index (Phi) is 4.45. The summed E-state index contributed by atoms with van der Waals surface area (Å²) >= 11 is 7.27. The molecule has 0 bridgehead atoms. The van der Waals surface area contributed by atoms with Gasteiger partial charge in [0, 0.05) is 34.3 Å². The maximum absolute atomic E-state index is 10.2. The zero-order valence-corrected chi connectivity index (χ0v) is 12.7. The maximum Gasteiger partial charge on any atom is 0.128 e. The Hall–Kier alpha value is -1.10. The summed E-state index contributed by atoms with van der Waals surface area (Å²) in [5.74, 6) is 0.835. The van der Waals surface area contributed by atoms with E-state index in [1.807, 2.05) is 19.9 Å². The highest BCUT2D eigenvalue weighted by Gasteiger charge is 2.16. The molecule has 3 nitrogen and oxygen atoms in total. The molecule has 0 saturated heterocycles. The van der Waals surface area contributed by atoms with E-state index in [4.69, 9.17) is 16.3 Å². The highest BCUT2D eigenvalue weighted by molar-refractivity contribution is 7.16. The van der Waals surface area contributed by atoms with Crippen LogP contribution in [0.15, 0.2) is 18.3 Å². The Balaban J connectivity index is 2.24. The molecule has 1 N–H and O–H groups in total. The van der Waals surface area contributed by atoms with E-state index in [0.717, 1.165) is 27.4 Å². The van der Waals surface area contributed by atoms with Gasteiger partial charge in [-0.2, -0.15) is 0 Å². The molecule has 0 aliphatic heterocycles. The first-order valence-electron chi connectivity index (χ1n) is 5.95. The Bertz CT molecular complexity index is 583. The van der Waals surface area contributed by atoms with Gasteiger partial charge in [-0.25, -0.2) is 0 Å². The van der Waals surface area contributed by atoms with Crippen molar-refractivity contribution in [1.82, 2.24) is 4.98 Å². The number of thiophene rings is 1. The third-order valence-corrected chi connectivity index (χ3v) is 4.39. The average Bonchev–Trinajstić information content (AvgIpc) is 2.80. The van der Waals surface area contributed by atoms with E-state index < -0.39 is 6.10 Å². The van der Waals surface area contributed by atoms with Crippen LogP contribution in [-0.4, -0.2) is 17.2 Å². The number of methoxy groups -OCH3 is 1. The largest absolute Gasteiger partial charge is 0.496 e. The van der Waals surface area contributed by atoms with E-state index in [-0.39, 0.29) is 0 Å². The lowest BCUT2D eigenvalue weighted by Gasteiger charge is -2.14. The summed E-state index contributed by atoms with van der Waals surface area (Å²) in [4.78, 5) is 5.24. The van der Waals surface area contributed by atoms with Crippen LogP contribution in [0.2, 0.25) is 4.34 Å². The monoisotopic (exact) mass is 297 g/mol. The molecule has 2 rings (SSSR count). The summed E-state index contributed by atoms with van der Waals surface area (Å²) in [6.07, 6.45) is 1.64. The molecule has 0 amide bonds. The minimum atomic E-state index is -0.587. The van der Waals surface area contributed by atoms with Crippen LogP contribution in [0.5, 0.6) is 5.75 Å². The van der Waals surface area contributed by atoms with E-state index in [2.05, 4.69) is 4.98 Å². The van der Waals surface area contributed by atoms with E-state index in [0.29, 0.717) is 10.8 Å². The first-order chi connectivity index (χ1) is 9.02. The number of rotatable bonds is 4. The summed E-state index contributed by atoms with van der Waals surface area (Å²) in [6, 6.07) is 3.64. The number of aliphatic hydroxyl groups excluding tert-OH is 1. The van der Waals surface area contributed by atoms with Gasteiger partial charge in [-0.15, -0.1) is 11.3 Å². The normalized spacial score (nSPS) is 12.5. The van der Waals surface area contributed by atoms with E-state index in [9.17, 15) is 5.11 Å². The van der Waals surface area contributed by atoms with Gasteiger partial charge >= 0.3 is 0 Å². The predicted octanol–water partition coefficient (Wildman–Crippen LogP) is 3.70. The van der Waals surface area contributed by atoms with Crippen LogP contribution in [-0.2, 0) is 6.42 Å². The Morgan fingerprint density at radius 3 is 2.74 bits per heavy atom. The molecule has 5 heteroatoms. The molecule has 19 heavy (non-hydrogen) atoms. The highest BCUT2D eigenvalue weighted by atomic mass is 35.5. The van der Waals surface area contributed by atoms with Crippen LogP contribution in [0, 0.1) is 13.8 Å². The molecule has 0 saturated carbocycles. The number of aliphatic hydroxyl groups is 1. The van der Waals surface area contributed by atoms with Crippen LogP contribution < -0.4 is 4.74 Å². The number of aromatic nitrogens is 1. The molecular weight excluding hydrogens is 282 g/mol. The number of aryl methyl sites for hydroxylation is 1. The Morgan fingerprint density at radius 1 is 1.42 bits per heavy atom. The fourth-order valence-corrected chi connectivity index (χ4v) is 3.11. The van der Waals surface area contributed by atoms with Gasteiger partial charge in [0.1, 0.15) is 5.75 Å². The SMILES string of the molecule is COc1c(C)cnc(CC(O)c2ccc(Cl)s2)c1C. The quantitative estimate of drug-likeness (QED) is 0.935. The third-order valence-electron chi connectivity index (χ3n) is 3.06. The maximum atomic E-state index is 10.2. The summed E-state index contributed by atoms with van der Waals surface area (Å²) < 4.78 is 6.05. The smallest absolute Gasteiger partial charge is 0.128 e. The van der Waals surface area contributed by atoms with E-state index in [1.165, 1.54) is 11.3 Å². The zero-order chi connectivity index (χ0) is 14.0. The second kappa shape index (κ2) is 5.90. The molecule has 0 aliphatic rings. The van der Waals surface area contributed by atoms with Gasteiger partial charge in [-0.05, 0) is 26.0 Å². The minimum absolute atomic E-state index is 0.458. The molecule has 0 fully saturated rings. The van der Waals surface area contributed by atoms with Crippen molar-refractivity contribution in [2.75, 3.05) is 7.11 Å². The van der Waals surface area contributed by atoms with Gasteiger partial charge in [-0.1, -0.05) is 11.6 Å². The van der Waals surface area contributed by atoms with Gasteiger partial charge in [0.15, 0.2) is 0 Å². The first-order valence-corrected chi connectivity index (χ1v) is 7.14. The van der Waals surface area contributed by atoms with Crippen LogP contribution in [0.25, 0.3) is 0 Å². The lowest BCUT2D eigenvalue weighted by Crippen LogP contribution is -2.05. The zero-order valence-electron chi connectivity index (χ0n) is 11.1. The topological polar surface area (TPSA) is 42.4 Å². The predicted molar refractivity (Wildman–Crippen MR) is 78.3 cm³/mol. The third kappa shape index (κ3) is 3.08. The fraction of sp³-hybridized carbons (Fsp3) is 0.357. The highest BCUT2D eigenvalue weighted by Crippen LogP contribution is 2.31. The van der Waals surface area contributed by atoms with Gasteiger partial charge in [0.05, 0.1) is 17.6 Å². The molecule has 0 aliphatic carbocycles. The van der Waals surface area contributed by atoms with Crippen LogP contribution >= 0.6 is 22.9 Å². The van der Waals surface area contributed by atoms with Crippen molar-refractivity contribution in [3.05, 3.63) is 44.4 Å². The average molecular weight is 298 g/mol. The Morgan fingerprint density at radius 2 is 2.16 bits per heavy atom. The first kappa shape index (κ1) is 14.3. The molecule has 102 valence electrons. The number of hydrogen-bond acceptors (Lipinski definition) is 4. The molecule has 0 aromatic carbocycles. The molecule has 0 spiro atoms. The van der Waals surface area contributed by atoms with Crippen LogP contribution in [0.4, 0.5) is 0 Å². The van der Waals surface area contributed by atoms with Gasteiger partial charge in [-0.3, -0.25) is 4.98 Å². The standard InChI is InChI=1S/C14H16ClNO2S/c1-8-7-16-10(9(2)14(8)18-3)6-11(17)12-4-5-13(15)19-12/h4-5,7,11,17H,6H2,1-3H3. The summed E-state index contributed by atoms with van der Waals surface area (Å²) in [5, 5.41) is 10.2. The van der Waals surface area contributed by atoms with Gasteiger partial charge in [0.25, 0.3) is 0 Å². The number of pyridine rings is 1. The number of hydrogen-bond donors (Lipinski definition) is 1. The van der Waals surface area contributed by atoms with Crippen LogP contribution in [0.3, 0.4) is 0 Å². The van der Waals surface area contributed by atoms with Gasteiger partial charge in [0.2, 0.25) is 0 Å². The van der Waals surface area contributed by atoms with Crippen molar-refractivity contribution in [3.63, 3.8) is 0 Å². The van der Waals surface area contributed by atoms with Crippen LogP contribution in [0.1, 0.15) is 27.8 Å². The van der Waals surface area contributed by atoms with Crippen molar-refractivity contribution in [1.29, 1.82) is 0 Å². The summed E-state index contributed by atoms with van der Waals surface area (Å²) in [7, 11) is 1.65. The lowest BCUT2D eigenvalue weighted by molar-refractivity contribution is 0.180. The minimum Gasteiger partial charge on any atom is -0.496 e. The number of halogens is 1. The number of nitrogens with zero attached hydrogens (tertiary/aromatic N) is 1. The van der Waals surface area contributed by atoms with Crippen molar-refractivity contribution >= 4 is 22.9 Å². The summed E-state index contributed by atoms with van der Waals surface area (Å²) in [6.45, 7) is 3.92. The van der Waals surface area contributed by atoms with Crippen molar-refractivity contribution in [2.24, 2.45) is 0 Å². The van der Waals surface area contributed by atoms with Crippen molar-refractivity contribution < 1.29 is 9.84 Å². The lowest BCUT2D eigenvalue weighted by atomic mass is 10.1. The number of ether oxygens (including phenoxy) is 1. The second-order valence-electron chi connectivity index (χ2n) is 4.41. The molecule has 1 unspecified atom stereocenters. The molecule has 1 atom stereocenters. The molecule has 2 aromatic rings. The van der Waals surface area contributed by atoms with Gasteiger partial charge < -0.3 is 9.84 Å². The molecular formula is C14H16ClNO2S. The van der Waals surface area contributed by atoms with E-state index in [1.54, 1.807) is 19.4 Å².